The highest BCUT2D eigenvalue weighted by atomic mass is 16.5. The van der Waals surface area contributed by atoms with Crippen molar-refractivity contribution in [3.63, 3.8) is 0 Å². The predicted molar refractivity (Wildman–Crippen MR) is 136 cm³/mol. The van der Waals surface area contributed by atoms with E-state index in [9.17, 15) is 9.59 Å². The summed E-state index contributed by atoms with van der Waals surface area (Å²) in [5.74, 6) is 0.810. The molecule has 35 heavy (non-hydrogen) atoms. The van der Waals surface area contributed by atoms with Crippen LogP contribution in [-0.4, -0.2) is 74.1 Å². The number of rotatable bonds is 8. The molecule has 0 unspecified atom stereocenters. The molecule has 2 N–H and O–H groups in total. The van der Waals surface area contributed by atoms with Gasteiger partial charge in [0, 0.05) is 68.7 Å². The highest BCUT2D eigenvalue weighted by Gasteiger charge is 2.24. The summed E-state index contributed by atoms with van der Waals surface area (Å²) in [7, 11) is 6.71. The van der Waals surface area contributed by atoms with Crippen LogP contribution in [0.4, 0.5) is 0 Å². The molecule has 0 radical (unpaired) electrons. The van der Waals surface area contributed by atoms with Crippen LogP contribution in [0.5, 0.6) is 11.5 Å². The van der Waals surface area contributed by atoms with Gasteiger partial charge in [0.05, 0.1) is 19.8 Å². The molecule has 3 aromatic rings. The number of amides is 2. The third kappa shape index (κ3) is 5.12. The fourth-order valence-corrected chi connectivity index (χ4v) is 4.92. The van der Waals surface area contributed by atoms with Crippen molar-refractivity contribution in [2.24, 2.45) is 5.73 Å². The Morgan fingerprint density at radius 1 is 1.06 bits per heavy atom. The maximum absolute atomic E-state index is 12.9. The van der Waals surface area contributed by atoms with E-state index in [1.165, 1.54) is 0 Å². The van der Waals surface area contributed by atoms with Crippen molar-refractivity contribution in [2.45, 2.75) is 25.3 Å². The maximum atomic E-state index is 12.9. The summed E-state index contributed by atoms with van der Waals surface area (Å²) in [6.07, 6.45) is 4.83. The van der Waals surface area contributed by atoms with Crippen LogP contribution in [-0.2, 0) is 6.42 Å². The van der Waals surface area contributed by atoms with Gasteiger partial charge in [0.15, 0.2) is 0 Å². The van der Waals surface area contributed by atoms with E-state index < -0.39 is 5.91 Å². The largest absolute Gasteiger partial charge is 0.497 e. The molecule has 0 spiro atoms. The standard InChI is InChI=1S/C27H34N4O4/c1-29(2)27(33)23-16-21(34-3)17-25(35-4)22(23)10-13-30-11-8-20(9-12-30)31-14-7-18-5-6-19(26(28)32)15-24(18)31/h5-7,14-17,20H,8-13H2,1-4H3,(H2,28,32). The molecule has 1 fully saturated rings. The van der Waals surface area contributed by atoms with Gasteiger partial charge in [-0.05, 0) is 48.9 Å². The first-order valence-electron chi connectivity index (χ1n) is 11.9. The third-order valence-corrected chi connectivity index (χ3v) is 6.91. The minimum Gasteiger partial charge on any atom is -0.497 e. The number of benzene rings is 2. The van der Waals surface area contributed by atoms with Crippen LogP contribution in [0, 0.1) is 0 Å². The van der Waals surface area contributed by atoms with Crippen LogP contribution in [0.15, 0.2) is 42.6 Å². The number of aromatic nitrogens is 1. The number of fused-ring (bicyclic) bond motifs is 1. The first-order valence-corrected chi connectivity index (χ1v) is 11.9. The number of likely N-dealkylation sites (tertiary alicyclic amines) is 1. The zero-order valence-electron chi connectivity index (χ0n) is 20.9. The zero-order chi connectivity index (χ0) is 25.1. The van der Waals surface area contributed by atoms with Gasteiger partial charge in [-0.3, -0.25) is 9.59 Å². The molecular formula is C27H34N4O4. The number of hydrogen-bond acceptors (Lipinski definition) is 5. The smallest absolute Gasteiger partial charge is 0.253 e. The van der Waals surface area contributed by atoms with Crippen LogP contribution < -0.4 is 15.2 Å². The van der Waals surface area contributed by atoms with Crippen molar-refractivity contribution < 1.29 is 19.1 Å². The van der Waals surface area contributed by atoms with Gasteiger partial charge in [-0.25, -0.2) is 0 Å². The molecule has 8 nitrogen and oxygen atoms in total. The minimum atomic E-state index is -0.407. The summed E-state index contributed by atoms with van der Waals surface area (Å²) in [5, 5.41) is 1.11. The maximum Gasteiger partial charge on any atom is 0.253 e. The monoisotopic (exact) mass is 478 g/mol. The summed E-state index contributed by atoms with van der Waals surface area (Å²) < 4.78 is 13.3. The van der Waals surface area contributed by atoms with Crippen molar-refractivity contribution in [1.29, 1.82) is 0 Å². The molecule has 0 saturated carbocycles. The van der Waals surface area contributed by atoms with Crippen LogP contribution >= 0.6 is 0 Å². The van der Waals surface area contributed by atoms with E-state index >= 15 is 0 Å². The lowest BCUT2D eigenvalue weighted by Crippen LogP contribution is -2.36. The van der Waals surface area contributed by atoms with E-state index in [4.69, 9.17) is 15.2 Å². The quantitative estimate of drug-likeness (QED) is 0.536. The molecule has 1 aliphatic rings. The Balaban J connectivity index is 1.46. The molecule has 0 atom stereocenters. The number of piperidine rings is 1. The number of ether oxygens (including phenoxy) is 2. The van der Waals surface area contributed by atoms with E-state index in [2.05, 4.69) is 21.7 Å². The normalized spacial score (nSPS) is 14.7. The summed E-state index contributed by atoms with van der Waals surface area (Å²) in [6.45, 7) is 2.74. The average molecular weight is 479 g/mol. The Morgan fingerprint density at radius 2 is 1.80 bits per heavy atom. The van der Waals surface area contributed by atoms with E-state index in [1.54, 1.807) is 45.3 Å². The second-order valence-electron chi connectivity index (χ2n) is 9.24. The molecule has 1 aliphatic heterocycles. The van der Waals surface area contributed by atoms with Gasteiger partial charge >= 0.3 is 0 Å². The second-order valence-corrected chi connectivity index (χ2v) is 9.24. The topological polar surface area (TPSA) is 90.0 Å². The number of carbonyl (C=O) groups is 2. The predicted octanol–water partition coefficient (Wildman–Crippen LogP) is 3.34. The molecule has 1 saturated heterocycles. The van der Waals surface area contributed by atoms with Gasteiger partial charge < -0.3 is 29.6 Å². The van der Waals surface area contributed by atoms with Crippen LogP contribution in [0.25, 0.3) is 10.9 Å². The minimum absolute atomic E-state index is 0.0641. The van der Waals surface area contributed by atoms with E-state index in [0.29, 0.717) is 35.1 Å². The molecule has 1 aromatic heterocycles. The van der Waals surface area contributed by atoms with Crippen molar-refractivity contribution in [3.05, 3.63) is 59.3 Å². The molecular weight excluding hydrogens is 444 g/mol. The van der Waals surface area contributed by atoms with Crippen molar-refractivity contribution >= 4 is 22.7 Å². The third-order valence-electron chi connectivity index (χ3n) is 6.91. The van der Waals surface area contributed by atoms with Crippen molar-refractivity contribution in [2.75, 3.05) is 47.9 Å². The first kappa shape index (κ1) is 24.6. The van der Waals surface area contributed by atoms with Gasteiger partial charge in [0.2, 0.25) is 5.91 Å². The van der Waals surface area contributed by atoms with Gasteiger partial charge in [0.25, 0.3) is 5.91 Å². The van der Waals surface area contributed by atoms with E-state index in [0.717, 1.165) is 48.9 Å². The van der Waals surface area contributed by atoms with E-state index in [1.807, 2.05) is 18.2 Å². The zero-order valence-corrected chi connectivity index (χ0v) is 20.9. The number of methoxy groups -OCH3 is 2. The lowest BCUT2D eigenvalue weighted by molar-refractivity contribution is 0.0825. The van der Waals surface area contributed by atoms with Crippen molar-refractivity contribution in [3.8, 4) is 11.5 Å². The van der Waals surface area contributed by atoms with Crippen LogP contribution in [0.3, 0.4) is 0 Å². The Hall–Kier alpha value is -3.52. The van der Waals surface area contributed by atoms with Crippen molar-refractivity contribution in [1.82, 2.24) is 14.4 Å². The van der Waals surface area contributed by atoms with Gasteiger partial charge in [-0.15, -0.1) is 0 Å². The highest BCUT2D eigenvalue weighted by Crippen LogP contribution is 2.32. The molecule has 2 heterocycles. The summed E-state index contributed by atoms with van der Waals surface area (Å²) in [5.41, 5.74) is 8.60. The van der Waals surface area contributed by atoms with Gasteiger partial charge in [0.1, 0.15) is 11.5 Å². The number of primary amides is 1. The van der Waals surface area contributed by atoms with E-state index in [-0.39, 0.29) is 5.91 Å². The SMILES string of the molecule is COc1cc(OC)c(CCN2CCC(n3ccc4ccc(C(N)=O)cc43)CC2)c(C(=O)N(C)C)c1. The van der Waals surface area contributed by atoms with Crippen LogP contribution in [0.1, 0.15) is 45.2 Å². The molecule has 2 amide bonds. The molecule has 0 aliphatic carbocycles. The van der Waals surface area contributed by atoms with Crippen LogP contribution in [0.2, 0.25) is 0 Å². The Labute approximate surface area is 206 Å². The number of hydrogen-bond donors (Lipinski definition) is 1. The first-order chi connectivity index (χ1) is 16.8. The Kier molecular flexibility index (Phi) is 7.31. The lowest BCUT2D eigenvalue weighted by atomic mass is 9.99. The number of nitrogens with zero attached hydrogens (tertiary/aromatic N) is 3. The number of carbonyl (C=O) groups excluding carboxylic acids is 2. The molecule has 2 aromatic carbocycles. The molecule has 4 rings (SSSR count). The summed E-state index contributed by atoms with van der Waals surface area (Å²) in [4.78, 5) is 28.5. The second kappa shape index (κ2) is 10.4. The Bertz CT molecular complexity index is 1230. The molecule has 186 valence electrons. The molecule has 0 bridgehead atoms. The fourth-order valence-electron chi connectivity index (χ4n) is 4.92. The summed E-state index contributed by atoms with van der Waals surface area (Å²) >= 11 is 0. The van der Waals surface area contributed by atoms with Gasteiger partial charge in [-0.2, -0.15) is 0 Å². The highest BCUT2D eigenvalue weighted by molar-refractivity contribution is 5.97. The summed E-state index contributed by atoms with van der Waals surface area (Å²) in [6, 6.07) is 11.7. The lowest BCUT2D eigenvalue weighted by Gasteiger charge is -2.33. The average Bonchev–Trinajstić information content (AvgIpc) is 3.30. The Morgan fingerprint density at radius 3 is 2.43 bits per heavy atom. The fraction of sp³-hybridized carbons (Fsp3) is 0.407. The molecule has 8 heteroatoms. The number of nitrogens with two attached hydrogens (primary N) is 1. The van der Waals surface area contributed by atoms with Gasteiger partial charge in [-0.1, -0.05) is 6.07 Å².